The topological polar surface area (TPSA) is 120 Å². The average Bonchev–Trinajstić information content (AvgIpc) is 3.65. The zero-order valence-corrected chi connectivity index (χ0v) is 32.1. The number of hydrogen-bond donors (Lipinski definition) is 1. The Morgan fingerprint density at radius 3 is 1.75 bits per heavy atom. The molecule has 0 aliphatic rings. The van der Waals surface area contributed by atoms with Crippen molar-refractivity contribution in [1.29, 1.82) is 5.26 Å². The summed E-state index contributed by atoms with van der Waals surface area (Å²) in [6, 6.07) is 33.2. The van der Waals surface area contributed by atoms with E-state index in [0.717, 1.165) is 28.0 Å². The molecule has 0 spiro atoms. The Morgan fingerprint density at radius 1 is 0.818 bits per heavy atom. The molecule has 12 heteroatoms. The zero-order valence-electron chi connectivity index (χ0n) is 31.2. The Balaban J connectivity index is 1.62. The number of amides is 1. The van der Waals surface area contributed by atoms with Crippen molar-refractivity contribution < 1.29 is 32.3 Å². The fourth-order valence-electron chi connectivity index (χ4n) is 7.04. The van der Waals surface area contributed by atoms with Crippen molar-refractivity contribution in [2.24, 2.45) is 5.41 Å². The van der Waals surface area contributed by atoms with Gasteiger partial charge in [0.15, 0.2) is 5.78 Å². The highest BCUT2D eigenvalue weighted by Crippen LogP contribution is 2.47. The highest BCUT2D eigenvalue weighted by molar-refractivity contribution is 7.97. The van der Waals surface area contributed by atoms with E-state index in [0.29, 0.717) is 18.4 Å². The van der Waals surface area contributed by atoms with Crippen LogP contribution in [0.15, 0.2) is 120 Å². The average molecular weight is 769 g/mol. The molecule has 0 unspecified atom stereocenters. The second-order valence-electron chi connectivity index (χ2n) is 14.3. The molecule has 1 N–H and O–H groups in total. The minimum absolute atomic E-state index is 0.00852. The second-order valence-corrected chi connectivity index (χ2v) is 17.7. The highest BCUT2D eigenvalue weighted by Gasteiger charge is 2.44. The number of Topliss-reactive ketones (excluding diaryl/α,β-unsaturated/α-hetero) is 1. The van der Waals surface area contributed by atoms with Crippen LogP contribution in [-0.2, 0) is 17.4 Å². The van der Waals surface area contributed by atoms with Crippen LogP contribution in [-0.4, -0.2) is 49.5 Å². The van der Waals surface area contributed by atoms with Crippen molar-refractivity contribution >= 4 is 40.0 Å². The Hall–Kier alpha value is -5.46. The van der Waals surface area contributed by atoms with Gasteiger partial charge in [-0.1, -0.05) is 132 Å². The van der Waals surface area contributed by atoms with E-state index in [-0.39, 0.29) is 36.3 Å². The number of rotatable bonds is 14. The van der Waals surface area contributed by atoms with Crippen LogP contribution in [0.5, 0.6) is 0 Å². The minimum Gasteiger partial charge on any atom is -0.465 e. The third kappa shape index (κ3) is 8.92. The molecule has 1 aromatic heterocycles. The number of hydrogen-bond acceptors (Lipinski definition) is 6. The number of nitrogens with zero attached hydrogens (tertiary/aromatic N) is 4. The molecule has 0 aliphatic carbocycles. The maximum atomic E-state index is 15.4. The van der Waals surface area contributed by atoms with E-state index in [1.807, 2.05) is 119 Å². The number of carboxylic acid groups (broad SMARTS) is 1. The molecule has 0 bridgehead atoms. The molecule has 5 aromatic rings. The molecule has 5 rings (SSSR count). The van der Waals surface area contributed by atoms with E-state index < -0.39 is 48.0 Å². The number of halogens is 3. The lowest BCUT2D eigenvalue weighted by Crippen LogP contribution is -2.56. The molecular formula is C43H44F3N4O4P. The smallest absolute Gasteiger partial charge is 0.416 e. The van der Waals surface area contributed by atoms with Gasteiger partial charge in [-0.2, -0.15) is 18.4 Å². The maximum Gasteiger partial charge on any atom is 0.416 e. The maximum absolute atomic E-state index is 15.4. The minimum atomic E-state index is -4.49. The van der Waals surface area contributed by atoms with Crippen LogP contribution in [0.4, 0.5) is 18.0 Å². The Kier molecular flexibility index (Phi) is 12.8. The summed E-state index contributed by atoms with van der Waals surface area (Å²) in [5.74, 6) is -0.351. The number of unbranched alkanes of at least 4 members (excludes halogenated alkanes) is 1. The monoisotopic (exact) mass is 768 g/mol. The molecule has 2 atom stereocenters. The first kappa shape index (κ1) is 40.7. The predicted octanol–water partition coefficient (Wildman–Crippen LogP) is 8.90. The van der Waals surface area contributed by atoms with Crippen LogP contribution < -0.4 is 15.9 Å². The summed E-state index contributed by atoms with van der Waals surface area (Å²) in [5, 5.41) is 32.7. The summed E-state index contributed by atoms with van der Waals surface area (Å²) < 4.78 is 45.2. The van der Waals surface area contributed by atoms with Crippen molar-refractivity contribution in [2.45, 2.75) is 78.1 Å². The largest absolute Gasteiger partial charge is 0.465 e. The SMILES string of the molecule is CCCC[C@@H](C(=O)C(C#N)=P(c1ccccc1)(c1ccccc1)c1ccccc1)N(C(=O)O)[C@H](CCc1nnc(-c2ccc(C(F)(F)F)cc2)o1)C(C)(C)C. The van der Waals surface area contributed by atoms with E-state index in [1.165, 1.54) is 17.0 Å². The number of carbonyl (C=O) groups is 2. The van der Waals surface area contributed by atoms with Crippen molar-refractivity contribution in [1.82, 2.24) is 15.1 Å². The fraction of sp³-hybridized carbons (Fsp3) is 0.302. The van der Waals surface area contributed by atoms with E-state index in [2.05, 4.69) is 16.3 Å². The lowest BCUT2D eigenvalue weighted by Gasteiger charge is -2.43. The number of carbonyl (C=O) groups excluding carboxylic acids is 1. The Morgan fingerprint density at radius 2 is 1.33 bits per heavy atom. The van der Waals surface area contributed by atoms with Crippen LogP contribution in [0, 0.1) is 16.7 Å². The van der Waals surface area contributed by atoms with Gasteiger partial charge in [0, 0.05) is 18.0 Å². The number of alkyl halides is 3. The predicted molar refractivity (Wildman–Crippen MR) is 210 cm³/mol. The van der Waals surface area contributed by atoms with Crippen LogP contribution in [0.2, 0.25) is 0 Å². The van der Waals surface area contributed by atoms with Gasteiger partial charge < -0.3 is 9.52 Å². The van der Waals surface area contributed by atoms with Gasteiger partial charge in [0.1, 0.15) is 11.4 Å². The molecule has 0 aliphatic heterocycles. The van der Waals surface area contributed by atoms with Crippen molar-refractivity contribution in [3.05, 3.63) is 127 Å². The number of nitriles is 1. The van der Waals surface area contributed by atoms with E-state index >= 15 is 4.79 Å². The van der Waals surface area contributed by atoms with Gasteiger partial charge in [-0.3, -0.25) is 9.69 Å². The molecule has 0 fully saturated rings. The molecule has 8 nitrogen and oxygen atoms in total. The van der Waals surface area contributed by atoms with E-state index in [1.54, 1.807) is 0 Å². The van der Waals surface area contributed by atoms with Crippen molar-refractivity contribution in [2.75, 3.05) is 0 Å². The van der Waals surface area contributed by atoms with Gasteiger partial charge >= 0.3 is 12.3 Å². The summed E-state index contributed by atoms with van der Waals surface area (Å²) in [6.07, 6.45) is -4.08. The molecule has 4 aromatic carbocycles. The van der Waals surface area contributed by atoms with Crippen LogP contribution >= 0.6 is 6.89 Å². The lowest BCUT2D eigenvalue weighted by molar-refractivity contribution is -0.137. The third-order valence-corrected chi connectivity index (χ3v) is 13.9. The molecule has 1 heterocycles. The van der Waals surface area contributed by atoms with Crippen molar-refractivity contribution in [3.63, 3.8) is 0 Å². The molecular weight excluding hydrogens is 724 g/mol. The molecule has 1 amide bonds. The first-order valence-corrected chi connectivity index (χ1v) is 19.9. The zero-order chi connectivity index (χ0) is 39.8. The number of ketones is 1. The number of benzene rings is 4. The van der Waals surface area contributed by atoms with Crippen LogP contribution in [0.1, 0.15) is 64.8 Å². The first-order valence-electron chi connectivity index (χ1n) is 18.1. The molecule has 286 valence electrons. The quantitative estimate of drug-likeness (QED) is 0.112. The summed E-state index contributed by atoms with van der Waals surface area (Å²) in [5.41, 5.74) is -1.20. The molecule has 0 radical (unpaired) electrons. The van der Waals surface area contributed by atoms with Gasteiger partial charge in [0.05, 0.1) is 11.6 Å². The highest BCUT2D eigenvalue weighted by atomic mass is 31.2. The fourth-order valence-corrected chi connectivity index (χ4v) is 11.2. The summed E-state index contributed by atoms with van der Waals surface area (Å²) >= 11 is 0. The Labute approximate surface area is 319 Å². The number of aromatic nitrogens is 2. The van der Waals surface area contributed by atoms with Gasteiger partial charge in [-0.15, -0.1) is 10.2 Å². The standard InChI is InChI=1S/C43H44F3N4O4P/c1-5-6-22-35(39(51)36(29-47)55(32-16-10-7-11-17-32,33-18-12-8-13-19-33)34-20-14-9-15-21-34)50(41(52)53)37(42(2,3)4)27-28-38-48-49-40(54-38)30-23-25-31(26-24-30)43(44,45)46/h7-21,23-26,35,37H,5-6,22,27-28H2,1-4H3,(H,52,53)/t35-,37+/m0/s1. The van der Waals surface area contributed by atoms with E-state index in [9.17, 15) is 28.3 Å². The van der Waals surface area contributed by atoms with Gasteiger partial charge in [-0.05, 0) is 65.3 Å². The third-order valence-electron chi connectivity index (χ3n) is 9.69. The van der Waals surface area contributed by atoms with Crippen LogP contribution in [0.3, 0.4) is 0 Å². The van der Waals surface area contributed by atoms with Crippen LogP contribution in [0.25, 0.3) is 11.5 Å². The molecule has 0 saturated heterocycles. The lowest BCUT2D eigenvalue weighted by atomic mass is 9.81. The molecule has 0 saturated carbocycles. The normalized spacial score (nSPS) is 13.1. The number of aryl methyl sites for hydroxylation is 1. The van der Waals surface area contributed by atoms with E-state index in [4.69, 9.17) is 4.42 Å². The second kappa shape index (κ2) is 17.3. The summed E-state index contributed by atoms with van der Waals surface area (Å²) in [6.45, 7) is 4.47. The van der Waals surface area contributed by atoms with Gasteiger partial charge in [0.2, 0.25) is 11.8 Å². The van der Waals surface area contributed by atoms with Gasteiger partial charge in [-0.25, -0.2) is 4.79 Å². The Bertz CT molecular complexity index is 2060. The van der Waals surface area contributed by atoms with Gasteiger partial charge in [0.25, 0.3) is 0 Å². The molecule has 55 heavy (non-hydrogen) atoms. The first-order chi connectivity index (χ1) is 26.2. The summed E-state index contributed by atoms with van der Waals surface area (Å²) in [4.78, 5) is 30.1. The summed E-state index contributed by atoms with van der Waals surface area (Å²) in [7, 11) is 0. The van der Waals surface area contributed by atoms with Crippen molar-refractivity contribution in [3.8, 4) is 17.5 Å².